The van der Waals surface area contributed by atoms with Crippen LogP contribution < -0.4 is 9.47 Å². The fraction of sp³-hybridized carbons (Fsp3) is 0.500. The van der Waals surface area contributed by atoms with Crippen molar-refractivity contribution in [3.63, 3.8) is 0 Å². The van der Waals surface area contributed by atoms with Gasteiger partial charge in [-0.05, 0) is 24.5 Å². The number of carbonyl (C=O) groups is 2. The van der Waals surface area contributed by atoms with E-state index in [0.29, 0.717) is 30.2 Å². The van der Waals surface area contributed by atoms with E-state index in [4.69, 9.17) is 25.8 Å². The van der Waals surface area contributed by atoms with E-state index in [1.54, 1.807) is 19.2 Å². The Labute approximate surface area is 134 Å². The van der Waals surface area contributed by atoms with Gasteiger partial charge < -0.3 is 14.2 Å². The Bertz CT molecular complexity index is 572. The molecule has 1 aliphatic rings. The Morgan fingerprint density at radius 3 is 2.77 bits per heavy atom. The molecule has 0 saturated carbocycles. The molecule has 1 aromatic rings. The molecule has 1 aliphatic heterocycles. The van der Waals surface area contributed by atoms with Gasteiger partial charge in [-0.1, -0.05) is 6.07 Å². The molecule has 0 aliphatic carbocycles. The van der Waals surface area contributed by atoms with Crippen LogP contribution in [0.4, 0.5) is 0 Å². The Hall–Kier alpha value is -1.75. The standard InChI is InChI=1S/C16H19ClO5/c1-20-12-6-4-11-5-7-14(18)16(8-3-9-17,15(19)21-2)22-13(11)10-12/h4,6,10H,3,5,7-9H2,1-2H3. The highest BCUT2D eigenvalue weighted by molar-refractivity contribution is 6.18. The van der Waals surface area contributed by atoms with Gasteiger partial charge in [0.15, 0.2) is 5.78 Å². The lowest BCUT2D eigenvalue weighted by Crippen LogP contribution is -2.52. The number of aryl methyl sites for hydroxylation is 1. The number of ether oxygens (including phenoxy) is 3. The van der Waals surface area contributed by atoms with E-state index >= 15 is 0 Å². The van der Waals surface area contributed by atoms with Crippen LogP contribution in [0.3, 0.4) is 0 Å². The second-order valence-electron chi connectivity index (χ2n) is 5.11. The molecule has 0 bridgehead atoms. The minimum atomic E-state index is -1.62. The van der Waals surface area contributed by atoms with Crippen LogP contribution in [0.2, 0.25) is 0 Å². The highest BCUT2D eigenvalue weighted by Gasteiger charge is 2.50. The number of rotatable bonds is 5. The van der Waals surface area contributed by atoms with Crippen LogP contribution >= 0.6 is 11.6 Å². The average Bonchev–Trinajstić information content (AvgIpc) is 2.69. The first-order valence-electron chi connectivity index (χ1n) is 7.11. The second kappa shape index (κ2) is 7.01. The molecule has 0 saturated heterocycles. The lowest BCUT2D eigenvalue weighted by atomic mass is 9.90. The third-order valence-electron chi connectivity index (χ3n) is 3.81. The summed E-state index contributed by atoms with van der Waals surface area (Å²) in [6, 6.07) is 5.33. The number of hydrogen-bond acceptors (Lipinski definition) is 5. The van der Waals surface area contributed by atoms with Crippen molar-refractivity contribution in [1.29, 1.82) is 0 Å². The first-order chi connectivity index (χ1) is 10.6. The molecule has 0 fully saturated rings. The number of alkyl halides is 1. The van der Waals surface area contributed by atoms with Crippen LogP contribution in [0.25, 0.3) is 0 Å². The Balaban J connectivity index is 2.46. The number of hydrogen-bond donors (Lipinski definition) is 0. The van der Waals surface area contributed by atoms with Crippen LogP contribution in [0.1, 0.15) is 24.8 Å². The summed E-state index contributed by atoms with van der Waals surface area (Å²) in [7, 11) is 2.80. The molecule has 1 unspecified atom stereocenters. The molecular weight excluding hydrogens is 308 g/mol. The molecule has 1 atom stereocenters. The lowest BCUT2D eigenvalue weighted by molar-refractivity contribution is -0.165. The molecule has 0 amide bonds. The highest BCUT2D eigenvalue weighted by atomic mass is 35.5. The molecule has 0 aromatic heterocycles. The van der Waals surface area contributed by atoms with Crippen molar-refractivity contribution in [3.05, 3.63) is 23.8 Å². The Morgan fingerprint density at radius 1 is 1.36 bits per heavy atom. The zero-order chi connectivity index (χ0) is 16.2. The number of Topliss-reactive ketones (excluding diaryl/α,β-unsaturated/α-hetero) is 1. The summed E-state index contributed by atoms with van der Waals surface area (Å²) in [5.41, 5.74) is -0.757. The van der Waals surface area contributed by atoms with Crippen LogP contribution in [-0.4, -0.2) is 37.5 Å². The number of carbonyl (C=O) groups excluding carboxylic acids is 2. The fourth-order valence-electron chi connectivity index (χ4n) is 2.59. The van der Waals surface area contributed by atoms with Crippen molar-refractivity contribution >= 4 is 23.4 Å². The SMILES string of the molecule is COC(=O)C1(CCCCl)Oc2cc(OC)ccc2CCC1=O. The first kappa shape index (κ1) is 16.6. The molecule has 120 valence electrons. The topological polar surface area (TPSA) is 61.8 Å². The minimum Gasteiger partial charge on any atom is -0.497 e. The van der Waals surface area contributed by atoms with Crippen LogP contribution in [0.5, 0.6) is 11.5 Å². The normalized spacial score (nSPS) is 20.6. The highest BCUT2D eigenvalue weighted by Crippen LogP contribution is 2.36. The second-order valence-corrected chi connectivity index (χ2v) is 5.49. The Morgan fingerprint density at radius 2 is 2.14 bits per heavy atom. The molecule has 0 radical (unpaired) electrons. The summed E-state index contributed by atoms with van der Waals surface area (Å²) in [5, 5.41) is 0. The van der Waals surface area contributed by atoms with E-state index in [2.05, 4.69) is 0 Å². The molecule has 0 N–H and O–H groups in total. The van der Waals surface area contributed by atoms with E-state index in [-0.39, 0.29) is 18.6 Å². The summed E-state index contributed by atoms with van der Waals surface area (Å²) in [4.78, 5) is 24.8. The van der Waals surface area contributed by atoms with Crippen molar-refractivity contribution in [2.24, 2.45) is 0 Å². The van der Waals surface area contributed by atoms with Crippen molar-refractivity contribution < 1.29 is 23.8 Å². The van der Waals surface area contributed by atoms with Gasteiger partial charge in [0, 0.05) is 24.8 Å². The van der Waals surface area contributed by atoms with Crippen molar-refractivity contribution in [1.82, 2.24) is 0 Å². The summed E-state index contributed by atoms with van der Waals surface area (Å²) < 4.78 is 15.9. The quantitative estimate of drug-likeness (QED) is 0.472. The van der Waals surface area contributed by atoms with Gasteiger partial charge in [-0.3, -0.25) is 4.79 Å². The largest absolute Gasteiger partial charge is 0.497 e. The minimum absolute atomic E-state index is 0.193. The number of ketones is 1. The molecule has 0 spiro atoms. The van der Waals surface area contributed by atoms with Gasteiger partial charge in [0.05, 0.1) is 14.2 Å². The number of methoxy groups -OCH3 is 2. The number of halogens is 1. The van der Waals surface area contributed by atoms with Crippen LogP contribution in [0, 0.1) is 0 Å². The van der Waals surface area contributed by atoms with Gasteiger partial charge in [-0.15, -0.1) is 11.6 Å². The third kappa shape index (κ3) is 3.04. The molecule has 1 aromatic carbocycles. The summed E-state index contributed by atoms with van der Waals surface area (Å²) >= 11 is 5.73. The van der Waals surface area contributed by atoms with Gasteiger partial charge in [-0.25, -0.2) is 4.79 Å². The predicted octanol–water partition coefficient (Wildman–Crippen LogP) is 2.52. The van der Waals surface area contributed by atoms with E-state index in [1.165, 1.54) is 7.11 Å². The first-order valence-corrected chi connectivity index (χ1v) is 7.64. The summed E-state index contributed by atoms with van der Waals surface area (Å²) in [6.45, 7) is 0. The molecule has 6 heteroatoms. The number of fused-ring (bicyclic) bond motifs is 1. The fourth-order valence-corrected chi connectivity index (χ4v) is 2.72. The van der Waals surface area contributed by atoms with Crippen LogP contribution in [0.15, 0.2) is 18.2 Å². The van der Waals surface area contributed by atoms with Crippen molar-refractivity contribution in [3.8, 4) is 11.5 Å². The zero-order valence-corrected chi connectivity index (χ0v) is 13.4. The van der Waals surface area contributed by atoms with Crippen molar-refractivity contribution in [2.45, 2.75) is 31.3 Å². The lowest BCUT2D eigenvalue weighted by Gasteiger charge is -2.29. The Kier molecular flexibility index (Phi) is 5.29. The molecule has 2 rings (SSSR count). The maximum atomic E-state index is 12.6. The van der Waals surface area contributed by atoms with Gasteiger partial charge in [0.25, 0.3) is 5.60 Å². The summed E-state index contributed by atoms with van der Waals surface area (Å²) in [6.07, 6.45) is 1.40. The molecule has 22 heavy (non-hydrogen) atoms. The molecule has 5 nitrogen and oxygen atoms in total. The molecule has 1 heterocycles. The maximum absolute atomic E-state index is 12.6. The van der Waals surface area contributed by atoms with Gasteiger partial charge in [-0.2, -0.15) is 0 Å². The maximum Gasteiger partial charge on any atom is 0.358 e. The van der Waals surface area contributed by atoms with Crippen molar-refractivity contribution in [2.75, 3.05) is 20.1 Å². The van der Waals surface area contributed by atoms with E-state index < -0.39 is 11.6 Å². The van der Waals surface area contributed by atoms with Gasteiger partial charge in [0.1, 0.15) is 11.5 Å². The monoisotopic (exact) mass is 326 g/mol. The number of benzene rings is 1. The third-order valence-corrected chi connectivity index (χ3v) is 4.08. The summed E-state index contributed by atoms with van der Waals surface area (Å²) in [5.74, 6) is 0.452. The zero-order valence-electron chi connectivity index (χ0n) is 12.7. The predicted molar refractivity (Wildman–Crippen MR) is 81.7 cm³/mol. The number of esters is 1. The van der Waals surface area contributed by atoms with Crippen LogP contribution in [-0.2, 0) is 20.7 Å². The smallest absolute Gasteiger partial charge is 0.358 e. The molecular formula is C16H19ClO5. The van der Waals surface area contributed by atoms with E-state index in [1.807, 2.05) is 6.07 Å². The van der Waals surface area contributed by atoms with E-state index in [0.717, 1.165) is 5.56 Å². The van der Waals surface area contributed by atoms with Gasteiger partial charge >= 0.3 is 5.97 Å². The average molecular weight is 327 g/mol. The van der Waals surface area contributed by atoms with E-state index in [9.17, 15) is 9.59 Å². The van der Waals surface area contributed by atoms with Gasteiger partial charge in [0.2, 0.25) is 0 Å².